The van der Waals surface area contributed by atoms with Gasteiger partial charge < -0.3 is 0 Å². The molecule has 1 aromatic rings. The fourth-order valence-corrected chi connectivity index (χ4v) is 0.852. The molecule has 0 atom stereocenters. The van der Waals surface area contributed by atoms with Crippen LogP contribution >= 0.6 is 0 Å². The van der Waals surface area contributed by atoms with Crippen LogP contribution in [-0.2, 0) is 24.9 Å². The summed E-state index contributed by atoms with van der Waals surface area (Å²) in [6, 6.07) is 4.11. The van der Waals surface area contributed by atoms with Gasteiger partial charge >= 0.3 is 0 Å². The molecule has 0 spiro atoms. The smallest absolute Gasteiger partial charge is 0.0270 e. The van der Waals surface area contributed by atoms with Crippen LogP contribution in [0, 0.1) is 0 Å². The predicted octanol–water partition coefficient (Wildman–Crippen LogP) is 2.38. The molecule has 0 aliphatic carbocycles. The minimum Gasteiger partial charge on any atom is -0.265 e. The molecule has 0 N–H and O–H groups in total. The molecule has 0 fully saturated rings. The van der Waals surface area contributed by atoms with Crippen molar-refractivity contribution in [3.05, 3.63) is 30.1 Å². The van der Waals surface area contributed by atoms with Crippen LogP contribution in [0.5, 0.6) is 0 Å². The Labute approximate surface area is 81.0 Å². The molecule has 0 aliphatic rings. The van der Waals surface area contributed by atoms with Gasteiger partial charge in [-0.2, -0.15) is 0 Å². The molecule has 0 saturated carbocycles. The van der Waals surface area contributed by atoms with Crippen LogP contribution in [0.25, 0.3) is 0 Å². The molecule has 2 heteroatoms. The number of pyridine rings is 1. The maximum Gasteiger partial charge on any atom is 0.0270 e. The molecule has 0 aliphatic heterocycles. The van der Waals surface area contributed by atoms with Gasteiger partial charge in [-0.1, -0.05) is 20.8 Å². The van der Waals surface area contributed by atoms with E-state index in [1.54, 1.807) is 0 Å². The van der Waals surface area contributed by atoms with Gasteiger partial charge in [0.15, 0.2) is 0 Å². The average Bonchev–Trinajstić information content (AvgIpc) is 1.88. The molecule has 11 heavy (non-hydrogen) atoms. The van der Waals surface area contributed by atoms with Crippen molar-refractivity contribution in [2.75, 3.05) is 0 Å². The average molecular weight is 236 g/mol. The Hall–Kier alpha value is -0.227. The second kappa shape index (κ2) is 3.97. The van der Waals surface area contributed by atoms with Crippen molar-refractivity contribution in [2.45, 2.75) is 26.2 Å². The van der Waals surface area contributed by atoms with Crippen LogP contribution in [0.2, 0.25) is 0 Å². The minimum absolute atomic E-state index is 0. The van der Waals surface area contributed by atoms with Crippen LogP contribution in [0.3, 0.4) is 0 Å². The van der Waals surface area contributed by atoms with Gasteiger partial charge in [0.2, 0.25) is 0 Å². The van der Waals surface area contributed by atoms with Crippen molar-refractivity contribution >= 4 is 0 Å². The topological polar surface area (TPSA) is 12.9 Å². The van der Waals surface area contributed by atoms with Crippen LogP contribution in [0.4, 0.5) is 0 Å². The third kappa shape index (κ3) is 3.11. The van der Waals surface area contributed by atoms with Crippen molar-refractivity contribution < 1.29 is 19.5 Å². The molecule has 1 rings (SSSR count). The Bertz CT molecular complexity index is 201. The zero-order chi connectivity index (χ0) is 7.61. The van der Waals surface area contributed by atoms with Gasteiger partial charge in [-0.15, -0.1) is 0 Å². The van der Waals surface area contributed by atoms with Crippen molar-refractivity contribution in [1.82, 2.24) is 4.98 Å². The van der Waals surface area contributed by atoms with E-state index in [2.05, 4.69) is 37.9 Å². The fraction of sp³-hybridized carbons (Fsp3) is 0.444. The first-order valence-electron chi connectivity index (χ1n) is 3.51. The molecule has 0 saturated heterocycles. The first kappa shape index (κ1) is 10.8. The molecule has 1 aromatic heterocycles. The number of rotatable bonds is 0. The van der Waals surface area contributed by atoms with E-state index in [0.29, 0.717) is 0 Å². The molecule has 0 radical (unpaired) electrons. The van der Waals surface area contributed by atoms with Gasteiger partial charge in [0.05, 0.1) is 0 Å². The normalized spacial score (nSPS) is 10.5. The van der Waals surface area contributed by atoms with Crippen molar-refractivity contribution in [1.29, 1.82) is 0 Å². The number of aromatic nitrogens is 1. The molecule has 0 unspecified atom stereocenters. The van der Waals surface area contributed by atoms with Gasteiger partial charge in [0.25, 0.3) is 0 Å². The van der Waals surface area contributed by atoms with E-state index in [0.717, 1.165) is 0 Å². The summed E-state index contributed by atoms with van der Waals surface area (Å²) in [7, 11) is 0. The van der Waals surface area contributed by atoms with E-state index in [4.69, 9.17) is 0 Å². The largest absolute Gasteiger partial charge is 0.265 e. The predicted molar refractivity (Wildman–Crippen MR) is 42.9 cm³/mol. The van der Waals surface area contributed by atoms with E-state index in [1.165, 1.54) is 5.56 Å². The van der Waals surface area contributed by atoms with Crippen LogP contribution in [-0.4, -0.2) is 4.98 Å². The molecular weight excluding hydrogens is 223 g/mol. The summed E-state index contributed by atoms with van der Waals surface area (Å²) in [4.78, 5) is 3.96. The summed E-state index contributed by atoms with van der Waals surface area (Å²) in [6.07, 6.45) is 3.67. The summed E-state index contributed by atoms with van der Waals surface area (Å²) in [5.41, 5.74) is 1.59. The summed E-state index contributed by atoms with van der Waals surface area (Å²) >= 11 is 0. The monoisotopic (exact) mass is 237 g/mol. The standard InChI is InChI=1S/C9H13N.Ru/c1-9(2,3)8-4-6-10-7-5-8;/h4-7H,1-3H3;. The molecule has 62 valence electrons. The van der Waals surface area contributed by atoms with Crippen molar-refractivity contribution in [3.8, 4) is 0 Å². The molecule has 1 heterocycles. The Morgan fingerprint density at radius 1 is 1.09 bits per heavy atom. The second-order valence-corrected chi connectivity index (χ2v) is 3.49. The Kier molecular flexibility index (Phi) is 3.88. The van der Waals surface area contributed by atoms with Crippen molar-refractivity contribution in [3.63, 3.8) is 0 Å². The van der Waals surface area contributed by atoms with Crippen molar-refractivity contribution in [2.24, 2.45) is 0 Å². The zero-order valence-electron chi connectivity index (χ0n) is 7.11. The molecule has 1 nitrogen and oxygen atoms in total. The SMILES string of the molecule is CC(C)(C)c1ccncc1.[Ru]. The van der Waals surface area contributed by atoms with E-state index >= 15 is 0 Å². The molecular formula is C9H13NRu. The fourth-order valence-electron chi connectivity index (χ4n) is 0.852. The minimum atomic E-state index is 0. The third-order valence-corrected chi connectivity index (χ3v) is 1.55. The first-order chi connectivity index (χ1) is 4.61. The van der Waals surface area contributed by atoms with Gasteiger partial charge in [0, 0.05) is 31.9 Å². The van der Waals surface area contributed by atoms with Gasteiger partial charge in [-0.25, -0.2) is 0 Å². The summed E-state index contributed by atoms with van der Waals surface area (Å²) < 4.78 is 0. The van der Waals surface area contributed by atoms with E-state index < -0.39 is 0 Å². The second-order valence-electron chi connectivity index (χ2n) is 3.49. The molecule has 0 amide bonds. The van der Waals surface area contributed by atoms with Crippen LogP contribution in [0.15, 0.2) is 24.5 Å². The number of hydrogen-bond acceptors (Lipinski definition) is 1. The molecule has 0 aromatic carbocycles. The maximum absolute atomic E-state index is 3.96. The van der Waals surface area contributed by atoms with Crippen LogP contribution in [0.1, 0.15) is 26.3 Å². The van der Waals surface area contributed by atoms with Gasteiger partial charge in [-0.3, -0.25) is 4.98 Å². The van der Waals surface area contributed by atoms with Gasteiger partial charge in [-0.05, 0) is 23.1 Å². The summed E-state index contributed by atoms with van der Waals surface area (Å²) in [6.45, 7) is 6.59. The van der Waals surface area contributed by atoms with E-state index in [-0.39, 0.29) is 24.9 Å². The third-order valence-electron chi connectivity index (χ3n) is 1.55. The Morgan fingerprint density at radius 2 is 1.55 bits per heavy atom. The summed E-state index contributed by atoms with van der Waals surface area (Å²) in [5, 5.41) is 0. The number of nitrogens with zero attached hydrogens (tertiary/aromatic N) is 1. The first-order valence-corrected chi connectivity index (χ1v) is 3.51. The summed E-state index contributed by atoms with van der Waals surface area (Å²) in [5.74, 6) is 0. The quantitative estimate of drug-likeness (QED) is 0.630. The Balaban J connectivity index is 0.000001000. The Morgan fingerprint density at radius 3 is 1.82 bits per heavy atom. The van der Waals surface area contributed by atoms with E-state index in [9.17, 15) is 0 Å². The zero-order valence-corrected chi connectivity index (χ0v) is 8.85. The van der Waals surface area contributed by atoms with Crippen LogP contribution < -0.4 is 0 Å². The van der Waals surface area contributed by atoms with Gasteiger partial charge in [0.1, 0.15) is 0 Å². The molecule has 0 bridgehead atoms. The maximum atomic E-state index is 3.96. The number of hydrogen-bond donors (Lipinski definition) is 0. The van der Waals surface area contributed by atoms with E-state index in [1.807, 2.05) is 12.4 Å².